The molecule has 3 aliphatic heterocycles. The summed E-state index contributed by atoms with van der Waals surface area (Å²) in [5, 5.41) is 22.4. The summed E-state index contributed by atoms with van der Waals surface area (Å²) in [6.07, 6.45) is 7.85. The Morgan fingerprint density at radius 3 is 2.19 bits per heavy atom. The lowest BCUT2D eigenvalue weighted by atomic mass is 9.76. The zero-order valence-electron chi connectivity index (χ0n) is 20.9. The lowest BCUT2D eigenvalue weighted by molar-refractivity contribution is -0.138. The van der Waals surface area contributed by atoms with Crippen molar-refractivity contribution in [2.24, 2.45) is 0 Å². The zero-order chi connectivity index (χ0) is 25.5. The number of carbonyl (C=O) groups excluding carboxylic acids is 3. The van der Waals surface area contributed by atoms with Crippen LogP contribution in [0.4, 0.5) is 4.79 Å². The van der Waals surface area contributed by atoms with Crippen LogP contribution in [0.25, 0.3) is 0 Å². The molecule has 9 nitrogen and oxygen atoms in total. The van der Waals surface area contributed by atoms with Gasteiger partial charge in [-0.25, -0.2) is 4.79 Å². The summed E-state index contributed by atoms with van der Waals surface area (Å²) in [6, 6.07) is 7.06. The summed E-state index contributed by atoms with van der Waals surface area (Å²) in [7, 11) is -1.68. The van der Waals surface area contributed by atoms with E-state index in [1.807, 2.05) is 24.3 Å². The van der Waals surface area contributed by atoms with Crippen LogP contribution in [0.5, 0.6) is 0 Å². The largest absolute Gasteiger partial charge is 0.475 e. The molecule has 10 heteroatoms. The lowest BCUT2D eigenvalue weighted by Gasteiger charge is -2.26. The molecule has 0 radical (unpaired) electrons. The fraction of sp³-hybridized carbons (Fsp3) is 0.654. The third-order valence-electron chi connectivity index (χ3n) is 7.60. The highest BCUT2D eigenvalue weighted by molar-refractivity contribution is 6.43. The van der Waals surface area contributed by atoms with Crippen molar-refractivity contribution in [1.82, 2.24) is 15.1 Å². The van der Waals surface area contributed by atoms with Gasteiger partial charge in [-0.1, -0.05) is 69.2 Å². The Kier molecular flexibility index (Phi) is 9.26. The van der Waals surface area contributed by atoms with Crippen LogP contribution in [0.2, 0.25) is 0 Å². The molecule has 1 aromatic carbocycles. The van der Waals surface area contributed by atoms with Crippen molar-refractivity contribution in [3.63, 3.8) is 0 Å². The number of hydrogen-bond donors (Lipinski definition) is 3. The van der Waals surface area contributed by atoms with E-state index < -0.39 is 37.2 Å². The van der Waals surface area contributed by atoms with Gasteiger partial charge in [-0.05, 0) is 24.0 Å². The molecule has 36 heavy (non-hydrogen) atoms. The summed E-state index contributed by atoms with van der Waals surface area (Å²) in [5.41, 5.74) is 2.18. The van der Waals surface area contributed by atoms with E-state index >= 15 is 0 Å². The minimum Gasteiger partial charge on any atom is -0.444 e. The second-order valence-electron chi connectivity index (χ2n) is 10.3. The van der Waals surface area contributed by atoms with Gasteiger partial charge in [-0.2, -0.15) is 0 Å². The molecular formula is C26H38BN3O6. The van der Waals surface area contributed by atoms with Crippen LogP contribution < -0.4 is 5.32 Å². The van der Waals surface area contributed by atoms with Crippen LogP contribution in [-0.4, -0.2) is 69.5 Å². The van der Waals surface area contributed by atoms with E-state index in [1.165, 1.54) is 4.90 Å². The molecule has 0 saturated carbocycles. The number of nitrogens with zero attached hydrogens (tertiary/aromatic N) is 2. The second kappa shape index (κ2) is 12.6. The summed E-state index contributed by atoms with van der Waals surface area (Å²) in [4.78, 5) is 42.3. The molecule has 0 aliphatic carbocycles. The molecule has 0 spiro atoms. The van der Waals surface area contributed by atoms with Gasteiger partial charge in [0, 0.05) is 25.9 Å². The fourth-order valence-electron chi connectivity index (χ4n) is 5.51. The zero-order valence-corrected chi connectivity index (χ0v) is 20.9. The summed E-state index contributed by atoms with van der Waals surface area (Å²) in [5.74, 6) is -1.36. The number of nitrogens with one attached hydrogen (secondary N) is 1. The first-order chi connectivity index (χ1) is 17.4. The molecular weight excluding hydrogens is 461 g/mol. The average Bonchev–Trinajstić information content (AvgIpc) is 3.48. The Morgan fingerprint density at radius 2 is 1.56 bits per heavy atom. The van der Waals surface area contributed by atoms with E-state index in [2.05, 4.69) is 5.32 Å². The highest BCUT2D eigenvalue weighted by Gasteiger charge is 2.43. The Balaban J connectivity index is 1.42. The molecule has 4 rings (SSSR count). The molecule has 0 aromatic heterocycles. The number of benzene rings is 1. The summed E-state index contributed by atoms with van der Waals surface area (Å²) >= 11 is 0. The topological polar surface area (TPSA) is 119 Å². The van der Waals surface area contributed by atoms with Gasteiger partial charge in [0.05, 0.1) is 12.5 Å². The number of rotatable bonds is 2. The van der Waals surface area contributed by atoms with Gasteiger partial charge in [0.15, 0.2) is 0 Å². The van der Waals surface area contributed by atoms with Crippen molar-refractivity contribution in [3.05, 3.63) is 35.4 Å². The maximum Gasteiger partial charge on any atom is 0.475 e. The third kappa shape index (κ3) is 6.79. The van der Waals surface area contributed by atoms with Crippen LogP contribution in [0, 0.1) is 0 Å². The quantitative estimate of drug-likeness (QED) is 0.538. The predicted molar refractivity (Wildman–Crippen MR) is 134 cm³/mol. The molecule has 196 valence electrons. The SMILES string of the molecule is O=C1N[C@H](B(O)O)CCCCCCCCCCC(=O)N2C[C@H](OC(=O)N3Cc4ccccc4C3)CC12. The van der Waals surface area contributed by atoms with Gasteiger partial charge in [-0.15, -0.1) is 0 Å². The van der Waals surface area contributed by atoms with Crippen LogP contribution >= 0.6 is 0 Å². The molecule has 1 aromatic rings. The molecule has 3 amide bonds. The molecule has 3 heterocycles. The molecule has 2 fully saturated rings. The van der Waals surface area contributed by atoms with E-state index in [9.17, 15) is 24.4 Å². The monoisotopic (exact) mass is 499 g/mol. The van der Waals surface area contributed by atoms with Crippen LogP contribution in [-0.2, 0) is 27.4 Å². The van der Waals surface area contributed by atoms with Gasteiger partial charge >= 0.3 is 13.2 Å². The van der Waals surface area contributed by atoms with Crippen molar-refractivity contribution in [2.45, 2.75) is 102 Å². The second-order valence-corrected chi connectivity index (χ2v) is 10.3. The number of carbonyl (C=O) groups is 3. The number of hydrogen-bond acceptors (Lipinski definition) is 6. The number of amides is 3. The van der Waals surface area contributed by atoms with Crippen LogP contribution in [0.1, 0.15) is 81.8 Å². The molecule has 3 atom stereocenters. The van der Waals surface area contributed by atoms with Crippen molar-refractivity contribution >= 4 is 25.0 Å². The normalized spacial score (nSPS) is 26.2. The van der Waals surface area contributed by atoms with E-state index in [1.54, 1.807) is 4.90 Å². The van der Waals surface area contributed by atoms with Gasteiger partial charge in [0.2, 0.25) is 11.8 Å². The first-order valence-electron chi connectivity index (χ1n) is 13.4. The van der Waals surface area contributed by atoms with Crippen molar-refractivity contribution in [1.29, 1.82) is 0 Å². The maximum atomic E-state index is 13.2. The maximum absolute atomic E-state index is 13.2. The molecule has 3 aliphatic rings. The minimum atomic E-state index is -1.68. The Hall–Kier alpha value is -2.59. The van der Waals surface area contributed by atoms with Gasteiger partial charge in [-0.3, -0.25) is 14.5 Å². The molecule has 1 unspecified atom stereocenters. The molecule has 0 bridgehead atoms. The number of ether oxygens (including phenoxy) is 1. The Morgan fingerprint density at radius 1 is 0.944 bits per heavy atom. The number of fused-ring (bicyclic) bond motifs is 2. The van der Waals surface area contributed by atoms with Gasteiger partial charge in [0.25, 0.3) is 0 Å². The Bertz CT molecular complexity index is 904. The highest BCUT2D eigenvalue weighted by Crippen LogP contribution is 2.27. The standard InChI is InChI=1S/C26H38BN3O6/c31-24-14-8-6-4-2-1-3-5-7-13-23(27(34)35)28-25(32)22-15-21(18-30(22)24)36-26(33)29-16-19-11-9-10-12-20(19)17-29/h9-12,21-23,34-35H,1-8,13-18H2,(H,28,32)/t21-,22?,23+/m1/s1. The van der Waals surface area contributed by atoms with E-state index in [0.29, 0.717) is 25.9 Å². The first-order valence-corrected chi connectivity index (χ1v) is 13.4. The van der Waals surface area contributed by atoms with Gasteiger partial charge in [0.1, 0.15) is 12.1 Å². The fourth-order valence-corrected chi connectivity index (χ4v) is 5.51. The van der Waals surface area contributed by atoms with E-state index in [4.69, 9.17) is 4.74 Å². The van der Waals surface area contributed by atoms with E-state index in [-0.39, 0.29) is 18.9 Å². The average molecular weight is 499 g/mol. The Labute approximate surface area is 213 Å². The van der Waals surface area contributed by atoms with Gasteiger partial charge < -0.3 is 25.0 Å². The lowest BCUT2D eigenvalue weighted by Crippen LogP contribution is -2.53. The first kappa shape index (κ1) is 26.5. The minimum absolute atomic E-state index is 0.129. The molecule has 3 N–H and O–H groups in total. The van der Waals surface area contributed by atoms with Crippen molar-refractivity contribution in [2.75, 3.05) is 6.54 Å². The highest BCUT2D eigenvalue weighted by atomic mass is 16.6. The van der Waals surface area contributed by atoms with E-state index in [0.717, 1.165) is 62.5 Å². The van der Waals surface area contributed by atoms with Crippen LogP contribution in [0.15, 0.2) is 24.3 Å². The predicted octanol–water partition coefficient (Wildman–Crippen LogP) is 2.52. The third-order valence-corrected chi connectivity index (χ3v) is 7.60. The summed E-state index contributed by atoms with van der Waals surface area (Å²) < 4.78 is 5.77. The smallest absolute Gasteiger partial charge is 0.444 e. The molecule has 2 saturated heterocycles. The summed E-state index contributed by atoms with van der Waals surface area (Å²) in [6.45, 7) is 1.12. The van der Waals surface area contributed by atoms with Crippen molar-refractivity contribution in [3.8, 4) is 0 Å². The van der Waals surface area contributed by atoms with Crippen LogP contribution in [0.3, 0.4) is 0 Å². The van der Waals surface area contributed by atoms with Crippen molar-refractivity contribution < 1.29 is 29.2 Å².